The number of sulfonamides is 1. The minimum atomic E-state index is -3.30. The lowest BCUT2D eigenvalue weighted by Crippen LogP contribution is -2.25. The number of ether oxygens (including phenoxy) is 1. The first kappa shape index (κ1) is 17.2. The van der Waals surface area contributed by atoms with Crippen molar-refractivity contribution in [2.75, 3.05) is 29.0 Å². The summed E-state index contributed by atoms with van der Waals surface area (Å²) in [5.74, 6) is 0.838. The van der Waals surface area contributed by atoms with Crippen LogP contribution in [-0.2, 0) is 21.2 Å². The Morgan fingerprint density at radius 1 is 1.44 bits per heavy atom. The number of hydrogen-bond acceptors (Lipinski definition) is 7. The number of benzene rings is 1. The number of anilines is 2. The number of carbonyl (C=O) groups excluding carboxylic acids is 1. The largest absolute Gasteiger partial charge is 0.495 e. The Morgan fingerprint density at radius 3 is 2.84 bits per heavy atom. The van der Waals surface area contributed by atoms with Crippen LogP contribution in [0.3, 0.4) is 0 Å². The van der Waals surface area contributed by atoms with Crippen molar-refractivity contribution in [2.45, 2.75) is 19.8 Å². The highest BCUT2D eigenvalue weighted by Crippen LogP contribution is 2.32. The fourth-order valence-corrected chi connectivity index (χ4v) is 4.19. The van der Waals surface area contributed by atoms with Crippen molar-refractivity contribution in [1.82, 2.24) is 10.1 Å². The summed E-state index contributed by atoms with van der Waals surface area (Å²) in [4.78, 5) is 16.2. The van der Waals surface area contributed by atoms with Crippen molar-refractivity contribution in [3.63, 3.8) is 0 Å². The molecule has 25 heavy (non-hydrogen) atoms. The van der Waals surface area contributed by atoms with E-state index >= 15 is 0 Å². The van der Waals surface area contributed by atoms with Gasteiger partial charge in [0.1, 0.15) is 5.75 Å². The molecule has 1 fully saturated rings. The molecule has 1 amide bonds. The van der Waals surface area contributed by atoms with Crippen LogP contribution in [0.5, 0.6) is 5.75 Å². The number of rotatable bonds is 5. The van der Waals surface area contributed by atoms with Crippen molar-refractivity contribution in [3.05, 3.63) is 29.9 Å². The second kappa shape index (κ2) is 6.71. The average molecular weight is 366 g/mol. The Labute approximate surface area is 145 Å². The number of amides is 1. The lowest BCUT2D eigenvalue weighted by Gasteiger charge is -2.19. The van der Waals surface area contributed by atoms with Gasteiger partial charge in [-0.15, -0.1) is 0 Å². The van der Waals surface area contributed by atoms with Gasteiger partial charge in [-0.05, 0) is 24.6 Å². The van der Waals surface area contributed by atoms with E-state index in [1.165, 1.54) is 11.4 Å². The summed E-state index contributed by atoms with van der Waals surface area (Å²) in [6.07, 6.45) is 0.514. The minimum Gasteiger partial charge on any atom is -0.495 e. The van der Waals surface area contributed by atoms with Crippen LogP contribution in [0.4, 0.5) is 11.4 Å². The van der Waals surface area contributed by atoms with Gasteiger partial charge in [-0.3, -0.25) is 9.10 Å². The highest BCUT2D eigenvalue weighted by atomic mass is 32.2. The Bertz CT molecular complexity index is 893. The molecule has 1 aliphatic rings. The van der Waals surface area contributed by atoms with Crippen LogP contribution in [0.1, 0.15) is 18.1 Å². The Balaban J connectivity index is 1.81. The summed E-state index contributed by atoms with van der Waals surface area (Å²) in [6, 6.07) is 4.86. The fourth-order valence-electron chi connectivity index (χ4n) is 2.63. The summed E-state index contributed by atoms with van der Waals surface area (Å²) < 4.78 is 35.6. The normalized spacial score (nSPS) is 16.0. The third kappa shape index (κ3) is 3.73. The predicted molar refractivity (Wildman–Crippen MR) is 90.1 cm³/mol. The van der Waals surface area contributed by atoms with E-state index in [1.54, 1.807) is 25.1 Å². The molecule has 1 N–H and O–H groups in total. The third-order valence-corrected chi connectivity index (χ3v) is 5.60. The molecule has 0 atom stereocenters. The average Bonchev–Trinajstić information content (AvgIpc) is 3.12. The molecule has 134 valence electrons. The van der Waals surface area contributed by atoms with Gasteiger partial charge in [0.05, 0.1) is 30.7 Å². The van der Waals surface area contributed by atoms with Gasteiger partial charge in [-0.1, -0.05) is 5.16 Å². The molecule has 3 rings (SSSR count). The highest BCUT2D eigenvalue weighted by molar-refractivity contribution is 7.93. The maximum atomic E-state index is 12.2. The van der Waals surface area contributed by atoms with Crippen molar-refractivity contribution in [2.24, 2.45) is 0 Å². The van der Waals surface area contributed by atoms with Crippen molar-refractivity contribution in [3.8, 4) is 5.75 Å². The third-order valence-electron chi connectivity index (χ3n) is 3.73. The van der Waals surface area contributed by atoms with Crippen LogP contribution in [0, 0.1) is 6.92 Å². The van der Waals surface area contributed by atoms with Crippen molar-refractivity contribution >= 4 is 27.3 Å². The highest BCUT2D eigenvalue weighted by Gasteiger charge is 2.29. The molecule has 0 bridgehead atoms. The molecular formula is C15H18N4O5S. The van der Waals surface area contributed by atoms with Gasteiger partial charge in [-0.25, -0.2) is 8.42 Å². The molecule has 9 nitrogen and oxygen atoms in total. The second-order valence-corrected chi connectivity index (χ2v) is 7.59. The molecular weight excluding hydrogens is 348 g/mol. The first-order valence-corrected chi connectivity index (χ1v) is 9.27. The lowest BCUT2D eigenvalue weighted by atomic mass is 10.2. The number of aromatic nitrogens is 2. The molecule has 10 heteroatoms. The molecule has 0 radical (unpaired) electrons. The number of nitrogens with zero attached hydrogens (tertiary/aromatic N) is 3. The molecule has 0 aliphatic carbocycles. The maximum absolute atomic E-state index is 12.2. The van der Waals surface area contributed by atoms with Crippen LogP contribution in [0.25, 0.3) is 0 Å². The van der Waals surface area contributed by atoms with Gasteiger partial charge < -0.3 is 14.6 Å². The summed E-state index contributed by atoms with van der Waals surface area (Å²) in [6.45, 7) is 2.06. The zero-order valence-electron chi connectivity index (χ0n) is 13.9. The number of methoxy groups -OCH3 is 1. The zero-order chi connectivity index (χ0) is 18.0. The summed E-state index contributed by atoms with van der Waals surface area (Å²) in [5, 5.41) is 6.38. The molecule has 2 heterocycles. The summed E-state index contributed by atoms with van der Waals surface area (Å²) >= 11 is 0. The van der Waals surface area contributed by atoms with Gasteiger partial charge in [-0.2, -0.15) is 4.98 Å². The van der Waals surface area contributed by atoms with E-state index in [1.807, 2.05) is 0 Å². The van der Waals surface area contributed by atoms with E-state index in [0.29, 0.717) is 36.0 Å². The van der Waals surface area contributed by atoms with E-state index in [0.717, 1.165) is 0 Å². The lowest BCUT2D eigenvalue weighted by molar-refractivity contribution is -0.115. The van der Waals surface area contributed by atoms with E-state index in [-0.39, 0.29) is 23.9 Å². The van der Waals surface area contributed by atoms with Gasteiger partial charge in [0.15, 0.2) is 5.82 Å². The zero-order valence-corrected chi connectivity index (χ0v) is 14.7. The molecule has 1 aromatic carbocycles. The fraction of sp³-hybridized carbons (Fsp3) is 0.400. The van der Waals surface area contributed by atoms with Gasteiger partial charge in [0.2, 0.25) is 21.8 Å². The topological polar surface area (TPSA) is 115 Å². The number of aryl methyl sites for hydroxylation is 1. The van der Waals surface area contributed by atoms with Crippen LogP contribution in [0.2, 0.25) is 0 Å². The molecule has 1 saturated heterocycles. The summed E-state index contributed by atoms with van der Waals surface area (Å²) in [7, 11) is -1.83. The van der Waals surface area contributed by atoms with E-state index in [2.05, 4.69) is 15.5 Å². The predicted octanol–water partition coefficient (Wildman–Crippen LogP) is 1.11. The van der Waals surface area contributed by atoms with E-state index in [4.69, 9.17) is 9.26 Å². The van der Waals surface area contributed by atoms with Crippen LogP contribution in [-0.4, -0.2) is 43.9 Å². The monoisotopic (exact) mass is 366 g/mol. The Morgan fingerprint density at radius 2 is 2.24 bits per heavy atom. The van der Waals surface area contributed by atoms with Crippen molar-refractivity contribution in [1.29, 1.82) is 0 Å². The van der Waals surface area contributed by atoms with Gasteiger partial charge >= 0.3 is 0 Å². The summed E-state index contributed by atoms with van der Waals surface area (Å²) in [5.41, 5.74) is 0.872. The second-order valence-electron chi connectivity index (χ2n) is 5.58. The Hall–Kier alpha value is -2.62. The number of carbonyl (C=O) groups is 1. The molecule has 1 aliphatic heterocycles. The molecule has 0 unspecified atom stereocenters. The van der Waals surface area contributed by atoms with Crippen molar-refractivity contribution < 1.29 is 22.5 Å². The smallest absolute Gasteiger partial charge is 0.235 e. The van der Waals surface area contributed by atoms with Gasteiger partial charge in [0, 0.05) is 13.5 Å². The number of nitrogens with one attached hydrogen (secondary N) is 1. The van der Waals surface area contributed by atoms with E-state index in [9.17, 15) is 13.2 Å². The van der Waals surface area contributed by atoms with E-state index < -0.39 is 10.0 Å². The molecule has 0 spiro atoms. The standard InChI is InChI=1S/C15H18N4O5S/c1-10-16-14(18-24-10)9-15(20)17-12-8-11(4-5-13(12)23-2)19-6-3-7-25(19,21)22/h4-5,8H,3,6-7,9H2,1-2H3,(H,17,20). The number of hydrogen-bond donors (Lipinski definition) is 1. The first-order valence-electron chi connectivity index (χ1n) is 7.66. The van der Waals surface area contributed by atoms with Crippen LogP contribution >= 0.6 is 0 Å². The molecule has 1 aromatic heterocycles. The van der Waals surface area contributed by atoms with Gasteiger partial charge in [0.25, 0.3) is 0 Å². The first-order chi connectivity index (χ1) is 11.9. The Kier molecular flexibility index (Phi) is 4.62. The quantitative estimate of drug-likeness (QED) is 0.843. The maximum Gasteiger partial charge on any atom is 0.235 e. The molecule has 0 saturated carbocycles. The van der Waals surface area contributed by atoms with Crippen LogP contribution < -0.4 is 14.4 Å². The minimum absolute atomic E-state index is 0.0628. The SMILES string of the molecule is COc1ccc(N2CCCS2(=O)=O)cc1NC(=O)Cc1noc(C)n1. The van der Waals surface area contributed by atoms with Crippen LogP contribution in [0.15, 0.2) is 22.7 Å². The molecule has 2 aromatic rings.